The lowest BCUT2D eigenvalue weighted by molar-refractivity contribution is 0.0622. The van der Waals surface area contributed by atoms with Crippen molar-refractivity contribution in [1.29, 1.82) is 0 Å². The summed E-state index contributed by atoms with van der Waals surface area (Å²) in [5.74, 6) is 3.46. The van der Waals surface area contributed by atoms with Gasteiger partial charge in [-0.15, -0.1) is 0 Å². The van der Waals surface area contributed by atoms with E-state index in [-0.39, 0.29) is 0 Å². The Morgan fingerprint density at radius 2 is 1.86 bits per heavy atom. The Morgan fingerprint density at radius 1 is 1.19 bits per heavy atom. The van der Waals surface area contributed by atoms with Gasteiger partial charge in [0, 0.05) is 37.8 Å². The molecular formula is C16H28N4O. The van der Waals surface area contributed by atoms with Gasteiger partial charge in [-0.05, 0) is 39.5 Å². The monoisotopic (exact) mass is 292 g/mol. The van der Waals surface area contributed by atoms with Crippen molar-refractivity contribution in [2.24, 2.45) is 5.92 Å². The quantitative estimate of drug-likeness (QED) is 0.844. The van der Waals surface area contributed by atoms with Gasteiger partial charge < -0.3 is 15.4 Å². The third-order valence-electron chi connectivity index (χ3n) is 4.19. The molecule has 1 atom stereocenters. The molecule has 0 radical (unpaired) electrons. The lowest BCUT2D eigenvalue weighted by Crippen LogP contribution is -2.31. The van der Waals surface area contributed by atoms with E-state index in [1.807, 2.05) is 0 Å². The Kier molecular flexibility index (Phi) is 5.79. The van der Waals surface area contributed by atoms with Crippen LogP contribution in [0.4, 0.5) is 11.6 Å². The number of nitrogens with zero attached hydrogens (tertiary/aromatic N) is 2. The second-order valence-corrected chi connectivity index (χ2v) is 5.73. The lowest BCUT2D eigenvalue weighted by Gasteiger charge is -2.29. The van der Waals surface area contributed by atoms with E-state index in [1.165, 1.54) is 0 Å². The zero-order chi connectivity index (χ0) is 15.2. The molecule has 5 nitrogen and oxygen atoms in total. The van der Waals surface area contributed by atoms with Crippen LogP contribution in [0.1, 0.15) is 45.0 Å². The van der Waals surface area contributed by atoms with Gasteiger partial charge in [-0.25, -0.2) is 9.97 Å². The molecule has 1 saturated heterocycles. The Bertz CT molecular complexity index is 458. The van der Waals surface area contributed by atoms with Gasteiger partial charge in [0.25, 0.3) is 0 Å². The lowest BCUT2D eigenvalue weighted by atomic mass is 9.93. The zero-order valence-corrected chi connectivity index (χ0v) is 13.7. The van der Waals surface area contributed by atoms with Crippen molar-refractivity contribution in [3.05, 3.63) is 11.4 Å². The SMILES string of the molecule is CCNc1nc(CC)nc(NC(C)C2CCOCC2)c1C. The van der Waals surface area contributed by atoms with Crippen LogP contribution in [0.25, 0.3) is 0 Å². The molecule has 1 aliphatic heterocycles. The molecule has 0 aliphatic carbocycles. The molecule has 0 spiro atoms. The molecule has 0 aromatic carbocycles. The van der Waals surface area contributed by atoms with Crippen LogP contribution in [0.5, 0.6) is 0 Å². The fraction of sp³-hybridized carbons (Fsp3) is 0.750. The van der Waals surface area contributed by atoms with Crippen LogP contribution in [-0.2, 0) is 11.2 Å². The van der Waals surface area contributed by atoms with Crippen LogP contribution in [0, 0.1) is 12.8 Å². The summed E-state index contributed by atoms with van der Waals surface area (Å²) in [4.78, 5) is 9.25. The number of hydrogen-bond acceptors (Lipinski definition) is 5. The van der Waals surface area contributed by atoms with Gasteiger partial charge >= 0.3 is 0 Å². The van der Waals surface area contributed by atoms with Gasteiger partial charge in [0.15, 0.2) is 0 Å². The highest BCUT2D eigenvalue weighted by Crippen LogP contribution is 2.25. The Labute approximate surface area is 127 Å². The van der Waals surface area contributed by atoms with Gasteiger partial charge in [-0.3, -0.25) is 0 Å². The standard InChI is InChI=1S/C16H28N4O/c1-5-14-19-15(17-6-2)11(3)16(20-14)18-12(4)13-7-9-21-10-8-13/h12-13H,5-10H2,1-4H3,(H2,17,18,19,20). The molecule has 2 heterocycles. The molecule has 5 heteroatoms. The van der Waals surface area contributed by atoms with Gasteiger partial charge in [0.2, 0.25) is 0 Å². The number of nitrogens with one attached hydrogen (secondary N) is 2. The maximum absolute atomic E-state index is 5.45. The number of aromatic nitrogens is 2. The molecule has 2 N–H and O–H groups in total. The summed E-state index contributed by atoms with van der Waals surface area (Å²) in [5, 5.41) is 6.94. The molecule has 1 aliphatic rings. The number of rotatable bonds is 6. The van der Waals surface area contributed by atoms with E-state index < -0.39 is 0 Å². The minimum atomic E-state index is 0.404. The summed E-state index contributed by atoms with van der Waals surface area (Å²) < 4.78 is 5.45. The highest BCUT2D eigenvalue weighted by Gasteiger charge is 2.22. The van der Waals surface area contributed by atoms with Crippen LogP contribution in [0.15, 0.2) is 0 Å². The van der Waals surface area contributed by atoms with Crippen molar-refractivity contribution in [3.8, 4) is 0 Å². The first-order chi connectivity index (χ1) is 10.2. The van der Waals surface area contributed by atoms with Crippen molar-refractivity contribution in [3.63, 3.8) is 0 Å². The van der Waals surface area contributed by atoms with E-state index in [2.05, 4.69) is 48.3 Å². The third-order valence-corrected chi connectivity index (χ3v) is 4.19. The van der Waals surface area contributed by atoms with E-state index in [9.17, 15) is 0 Å². The maximum Gasteiger partial charge on any atom is 0.134 e. The van der Waals surface area contributed by atoms with Gasteiger partial charge in [-0.1, -0.05) is 6.92 Å². The molecule has 0 amide bonds. The van der Waals surface area contributed by atoms with Gasteiger partial charge in [0.05, 0.1) is 0 Å². The molecule has 118 valence electrons. The summed E-state index contributed by atoms with van der Waals surface area (Å²) in [7, 11) is 0. The number of anilines is 2. The van der Waals surface area contributed by atoms with Crippen LogP contribution in [0.3, 0.4) is 0 Å². The van der Waals surface area contributed by atoms with E-state index in [4.69, 9.17) is 4.74 Å². The molecule has 0 bridgehead atoms. The Morgan fingerprint density at radius 3 is 2.48 bits per heavy atom. The summed E-state index contributed by atoms with van der Waals surface area (Å²) in [6, 6.07) is 0.404. The molecule has 1 aromatic rings. The first kappa shape index (κ1) is 16.0. The number of ether oxygens (including phenoxy) is 1. The fourth-order valence-electron chi connectivity index (χ4n) is 2.75. The maximum atomic E-state index is 5.45. The summed E-state index contributed by atoms with van der Waals surface area (Å²) in [6.45, 7) is 11.1. The minimum Gasteiger partial charge on any atom is -0.381 e. The topological polar surface area (TPSA) is 59.1 Å². The average molecular weight is 292 g/mol. The number of hydrogen-bond donors (Lipinski definition) is 2. The van der Waals surface area contributed by atoms with Crippen LogP contribution < -0.4 is 10.6 Å². The molecular weight excluding hydrogens is 264 g/mol. The highest BCUT2D eigenvalue weighted by atomic mass is 16.5. The smallest absolute Gasteiger partial charge is 0.134 e. The minimum absolute atomic E-state index is 0.404. The number of aryl methyl sites for hydroxylation is 1. The van der Waals surface area contributed by atoms with Crippen molar-refractivity contribution in [2.45, 2.75) is 53.0 Å². The molecule has 1 unspecified atom stereocenters. The Hall–Kier alpha value is -1.36. The predicted octanol–water partition coefficient (Wildman–Crippen LogP) is 3.01. The average Bonchev–Trinajstić information content (AvgIpc) is 2.52. The summed E-state index contributed by atoms with van der Waals surface area (Å²) >= 11 is 0. The van der Waals surface area contributed by atoms with Crippen LogP contribution in [0.2, 0.25) is 0 Å². The fourth-order valence-corrected chi connectivity index (χ4v) is 2.75. The van der Waals surface area contributed by atoms with Crippen molar-refractivity contribution < 1.29 is 4.74 Å². The highest BCUT2D eigenvalue weighted by molar-refractivity contribution is 5.57. The van der Waals surface area contributed by atoms with E-state index >= 15 is 0 Å². The van der Waals surface area contributed by atoms with Crippen LogP contribution in [-0.4, -0.2) is 35.8 Å². The van der Waals surface area contributed by atoms with Gasteiger partial charge in [0.1, 0.15) is 17.5 Å². The predicted molar refractivity (Wildman–Crippen MR) is 86.9 cm³/mol. The van der Waals surface area contributed by atoms with Crippen molar-refractivity contribution in [1.82, 2.24) is 9.97 Å². The van der Waals surface area contributed by atoms with Gasteiger partial charge in [-0.2, -0.15) is 0 Å². The summed E-state index contributed by atoms with van der Waals surface area (Å²) in [6.07, 6.45) is 3.09. The first-order valence-electron chi connectivity index (χ1n) is 8.11. The first-order valence-corrected chi connectivity index (χ1v) is 8.11. The third kappa shape index (κ3) is 4.06. The molecule has 1 aromatic heterocycles. The van der Waals surface area contributed by atoms with Crippen molar-refractivity contribution in [2.75, 3.05) is 30.4 Å². The van der Waals surface area contributed by atoms with Crippen LogP contribution >= 0.6 is 0 Å². The molecule has 2 rings (SSSR count). The largest absolute Gasteiger partial charge is 0.381 e. The van der Waals surface area contributed by atoms with E-state index in [1.54, 1.807) is 0 Å². The van der Waals surface area contributed by atoms with Crippen molar-refractivity contribution >= 4 is 11.6 Å². The summed E-state index contributed by atoms with van der Waals surface area (Å²) in [5.41, 5.74) is 1.10. The normalized spacial score (nSPS) is 17.5. The molecule has 0 saturated carbocycles. The Balaban J connectivity index is 2.15. The molecule has 1 fully saturated rings. The second-order valence-electron chi connectivity index (χ2n) is 5.73. The second kappa shape index (κ2) is 7.59. The molecule has 21 heavy (non-hydrogen) atoms. The van der Waals surface area contributed by atoms with E-state index in [0.29, 0.717) is 12.0 Å². The van der Waals surface area contributed by atoms with E-state index in [0.717, 1.165) is 62.0 Å². The zero-order valence-electron chi connectivity index (χ0n) is 13.7.